The number of halogens is 1. The summed E-state index contributed by atoms with van der Waals surface area (Å²) in [6.07, 6.45) is 3.72. The molecular formula is C14H28ClN3O2. The first-order chi connectivity index (χ1) is 8.93. The van der Waals surface area contributed by atoms with E-state index in [1.807, 2.05) is 0 Å². The number of nitrogens with zero attached hydrogens (tertiary/aromatic N) is 1. The van der Waals surface area contributed by atoms with E-state index in [9.17, 15) is 9.59 Å². The second kappa shape index (κ2) is 9.19. The van der Waals surface area contributed by atoms with E-state index in [1.165, 1.54) is 0 Å². The van der Waals surface area contributed by atoms with Gasteiger partial charge in [-0.3, -0.25) is 9.59 Å². The molecule has 2 N–H and O–H groups in total. The van der Waals surface area contributed by atoms with E-state index in [0.717, 1.165) is 32.5 Å². The molecular weight excluding hydrogens is 278 g/mol. The summed E-state index contributed by atoms with van der Waals surface area (Å²) in [7, 11) is 3.47. The van der Waals surface area contributed by atoms with E-state index < -0.39 is 0 Å². The van der Waals surface area contributed by atoms with Crippen molar-refractivity contribution in [3.05, 3.63) is 0 Å². The SMILES string of the molecule is CN(C)C(=O)CCCC(=O)NCC1(C)CCNCC1.Cl. The zero-order valence-electron chi connectivity index (χ0n) is 12.8. The Bertz CT molecular complexity index is 316. The first-order valence-corrected chi connectivity index (χ1v) is 7.10. The van der Waals surface area contributed by atoms with Gasteiger partial charge in [0, 0.05) is 33.5 Å². The minimum Gasteiger partial charge on any atom is -0.356 e. The number of rotatable bonds is 6. The topological polar surface area (TPSA) is 61.4 Å². The maximum absolute atomic E-state index is 11.7. The molecule has 5 nitrogen and oxygen atoms in total. The highest BCUT2D eigenvalue weighted by atomic mass is 35.5. The van der Waals surface area contributed by atoms with E-state index in [-0.39, 0.29) is 29.6 Å². The Kier molecular flexibility index (Phi) is 8.81. The lowest BCUT2D eigenvalue weighted by Crippen LogP contribution is -2.42. The average Bonchev–Trinajstić information content (AvgIpc) is 2.37. The van der Waals surface area contributed by atoms with Crippen molar-refractivity contribution >= 4 is 24.2 Å². The van der Waals surface area contributed by atoms with Crippen LogP contribution in [0.25, 0.3) is 0 Å². The van der Waals surface area contributed by atoms with E-state index in [1.54, 1.807) is 19.0 Å². The normalized spacial score (nSPS) is 16.9. The van der Waals surface area contributed by atoms with Crippen molar-refractivity contribution in [2.24, 2.45) is 5.41 Å². The van der Waals surface area contributed by atoms with Gasteiger partial charge >= 0.3 is 0 Å². The molecule has 0 aromatic carbocycles. The predicted molar refractivity (Wildman–Crippen MR) is 83.0 cm³/mol. The lowest BCUT2D eigenvalue weighted by molar-refractivity contribution is -0.129. The van der Waals surface area contributed by atoms with Crippen LogP contribution in [0.3, 0.4) is 0 Å². The molecule has 1 heterocycles. The van der Waals surface area contributed by atoms with Crippen LogP contribution in [-0.2, 0) is 9.59 Å². The first kappa shape index (κ1) is 19.2. The van der Waals surface area contributed by atoms with Crippen molar-refractivity contribution < 1.29 is 9.59 Å². The molecule has 0 spiro atoms. The predicted octanol–water partition coefficient (Wildman–Crippen LogP) is 1.17. The molecule has 0 aromatic rings. The second-order valence-corrected chi connectivity index (χ2v) is 5.98. The molecule has 0 radical (unpaired) electrons. The molecule has 0 atom stereocenters. The molecule has 1 fully saturated rings. The molecule has 6 heteroatoms. The molecule has 2 amide bonds. The van der Waals surface area contributed by atoms with Gasteiger partial charge < -0.3 is 15.5 Å². The van der Waals surface area contributed by atoms with Gasteiger partial charge in [-0.1, -0.05) is 6.92 Å². The Balaban J connectivity index is 0.00000361. The fourth-order valence-corrected chi connectivity index (χ4v) is 2.23. The van der Waals surface area contributed by atoms with Gasteiger partial charge in [-0.25, -0.2) is 0 Å². The van der Waals surface area contributed by atoms with Crippen LogP contribution in [0.2, 0.25) is 0 Å². The van der Waals surface area contributed by atoms with Crippen molar-refractivity contribution in [3.63, 3.8) is 0 Å². The van der Waals surface area contributed by atoms with Gasteiger partial charge in [0.1, 0.15) is 0 Å². The zero-order valence-corrected chi connectivity index (χ0v) is 13.6. The highest BCUT2D eigenvalue weighted by Gasteiger charge is 2.26. The van der Waals surface area contributed by atoms with Gasteiger partial charge in [0.25, 0.3) is 0 Å². The Hall–Kier alpha value is -0.810. The highest BCUT2D eigenvalue weighted by Crippen LogP contribution is 2.26. The molecule has 1 aliphatic heterocycles. The fourth-order valence-electron chi connectivity index (χ4n) is 2.23. The Morgan fingerprint density at radius 3 is 2.35 bits per heavy atom. The molecule has 1 aliphatic rings. The summed E-state index contributed by atoms with van der Waals surface area (Å²) in [5.41, 5.74) is 0.223. The van der Waals surface area contributed by atoms with E-state index in [4.69, 9.17) is 0 Å². The number of hydrogen-bond donors (Lipinski definition) is 2. The van der Waals surface area contributed by atoms with Crippen molar-refractivity contribution in [1.82, 2.24) is 15.5 Å². The van der Waals surface area contributed by atoms with Gasteiger partial charge in [0.05, 0.1) is 0 Å². The third-order valence-corrected chi connectivity index (χ3v) is 3.82. The van der Waals surface area contributed by atoms with Crippen molar-refractivity contribution in [2.45, 2.75) is 39.0 Å². The summed E-state index contributed by atoms with van der Waals surface area (Å²) in [5.74, 6) is 0.143. The maximum atomic E-state index is 11.7. The largest absolute Gasteiger partial charge is 0.356 e. The Morgan fingerprint density at radius 1 is 1.20 bits per heavy atom. The molecule has 1 rings (SSSR count). The summed E-state index contributed by atoms with van der Waals surface area (Å²) in [6.45, 7) is 5.03. The smallest absolute Gasteiger partial charge is 0.222 e. The maximum Gasteiger partial charge on any atom is 0.222 e. The van der Waals surface area contributed by atoms with Crippen LogP contribution >= 0.6 is 12.4 Å². The van der Waals surface area contributed by atoms with Gasteiger partial charge in [0.15, 0.2) is 0 Å². The molecule has 0 aromatic heterocycles. The minimum absolute atomic E-state index is 0. The third-order valence-electron chi connectivity index (χ3n) is 3.82. The molecule has 20 heavy (non-hydrogen) atoms. The standard InChI is InChI=1S/C14H27N3O2.ClH/c1-14(7-9-15-10-8-14)11-16-12(18)5-4-6-13(19)17(2)3;/h15H,4-11H2,1-3H3,(H,16,18);1H. The fraction of sp³-hybridized carbons (Fsp3) is 0.857. The van der Waals surface area contributed by atoms with Crippen LogP contribution in [0.5, 0.6) is 0 Å². The second-order valence-electron chi connectivity index (χ2n) is 5.98. The number of amides is 2. The van der Waals surface area contributed by atoms with Crippen molar-refractivity contribution in [3.8, 4) is 0 Å². The molecule has 1 saturated heterocycles. The van der Waals surface area contributed by atoms with E-state index in [0.29, 0.717) is 19.3 Å². The van der Waals surface area contributed by atoms with Crippen LogP contribution in [0.1, 0.15) is 39.0 Å². The number of piperidine rings is 1. The summed E-state index contributed by atoms with van der Waals surface area (Å²) >= 11 is 0. The Labute approximate surface area is 128 Å². The number of hydrogen-bond acceptors (Lipinski definition) is 3. The average molecular weight is 306 g/mol. The van der Waals surface area contributed by atoms with Crippen molar-refractivity contribution in [1.29, 1.82) is 0 Å². The Morgan fingerprint density at radius 2 is 1.80 bits per heavy atom. The summed E-state index contributed by atoms with van der Waals surface area (Å²) in [6, 6.07) is 0. The lowest BCUT2D eigenvalue weighted by atomic mass is 9.81. The van der Waals surface area contributed by atoms with Gasteiger partial charge in [-0.15, -0.1) is 12.4 Å². The van der Waals surface area contributed by atoms with Crippen LogP contribution in [0.15, 0.2) is 0 Å². The molecule has 118 valence electrons. The van der Waals surface area contributed by atoms with Gasteiger partial charge in [0.2, 0.25) is 11.8 Å². The van der Waals surface area contributed by atoms with Crippen molar-refractivity contribution in [2.75, 3.05) is 33.7 Å². The number of carbonyl (C=O) groups is 2. The third kappa shape index (κ3) is 7.10. The summed E-state index contributed by atoms with van der Waals surface area (Å²) in [5, 5.41) is 6.33. The van der Waals surface area contributed by atoms with Crippen LogP contribution < -0.4 is 10.6 Å². The zero-order chi connectivity index (χ0) is 14.3. The minimum atomic E-state index is 0. The first-order valence-electron chi connectivity index (χ1n) is 7.10. The molecule has 0 bridgehead atoms. The summed E-state index contributed by atoms with van der Waals surface area (Å²) in [4.78, 5) is 24.7. The molecule has 0 aliphatic carbocycles. The van der Waals surface area contributed by atoms with Crippen LogP contribution in [-0.4, -0.2) is 50.4 Å². The molecule has 0 saturated carbocycles. The highest BCUT2D eigenvalue weighted by molar-refractivity contribution is 5.85. The number of nitrogens with one attached hydrogen (secondary N) is 2. The van der Waals surface area contributed by atoms with Gasteiger partial charge in [-0.2, -0.15) is 0 Å². The monoisotopic (exact) mass is 305 g/mol. The van der Waals surface area contributed by atoms with Crippen LogP contribution in [0, 0.1) is 5.41 Å². The number of carbonyl (C=O) groups excluding carboxylic acids is 2. The van der Waals surface area contributed by atoms with Crippen LogP contribution in [0.4, 0.5) is 0 Å². The lowest BCUT2D eigenvalue weighted by Gasteiger charge is -2.34. The summed E-state index contributed by atoms with van der Waals surface area (Å²) < 4.78 is 0. The van der Waals surface area contributed by atoms with E-state index >= 15 is 0 Å². The van der Waals surface area contributed by atoms with Gasteiger partial charge in [-0.05, 0) is 37.8 Å². The quantitative estimate of drug-likeness (QED) is 0.774. The molecule has 0 unspecified atom stereocenters. The van der Waals surface area contributed by atoms with E-state index in [2.05, 4.69) is 17.6 Å².